The van der Waals surface area contributed by atoms with Crippen LogP contribution in [0.1, 0.15) is 99.3 Å². The zero-order chi connectivity index (χ0) is 44.0. The van der Waals surface area contributed by atoms with E-state index in [1.54, 1.807) is 17.2 Å². The quantitative estimate of drug-likeness (QED) is 0.152. The maximum Gasteiger partial charge on any atom is 0.164 e. The Bertz CT molecular complexity index is 2860. The van der Waals surface area contributed by atoms with Gasteiger partial charge in [-0.2, -0.15) is 10.5 Å². The number of nitrogens with zero attached hydrogens (tertiary/aromatic N) is 5. The Morgan fingerprint density at radius 1 is 0.333 bits per heavy atom. The molecule has 6 aromatic carbocycles. The molecule has 1 aromatic heterocycles. The molecule has 322 valence electrons. The monoisotopic (exact) mass is 855 g/mol. The van der Waals surface area contributed by atoms with Crippen LogP contribution in [0.25, 0.3) is 67.5 Å². The first kappa shape index (κ1) is 39.7. The Balaban J connectivity index is 0.847. The summed E-state index contributed by atoms with van der Waals surface area (Å²) in [6.45, 7) is 0. The van der Waals surface area contributed by atoms with Crippen molar-refractivity contribution in [2.24, 2.45) is 35.5 Å². The van der Waals surface area contributed by atoms with Crippen LogP contribution in [0.15, 0.2) is 140 Å². The Hall–Kier alpha value is -6.69. The molecule has 8 fully saturated rings. The van der Waals surface area contributed by atoms with E-state index in [1.165, 1.54) is 88.2 Å². The van der Waals surface area contributed by atoms with Crippen LogP contribution in [-0.4, -0.2) is 15.0 Å². The van der Waals surface area contributed by atoms with E-state index >= 15 is 0 Å². The molecule has 0 radical (unpaired) electrons. The molecular weight excluding hydrogens is 803 g/mol. The van der Waals surface area contributed by atoms with Crippen LogP contribution in [0.3, 0.4) is 0 Å². The Morgan fingerprint density at radius 2 is 0.652 bits per heavy atom. The molecule has 1 heterocycles. The maximum atomic E-state index is 9.64. The van der Waals surface area contributed by atoms with Crippen molar-refractivity contribution in [3.8, 4) is 79.7 Å². The van der Waals surface area contributed by atoms with E-state index < -0.39 is 0 Å². The number of rotatable bonds is 8. The summed E-state index contributed by atoms with van der Waals surface area (Å²) in [7, 11) is 0. The summed E-state index contributed by atoms with van der Waals surface area (Å²) in [5.41, 5.74) is 13.9. The van der Waals surface area contributed by atoms with E-state index in [4.69, 9.17) is 15.0 Å². The lowest BCUT2D eigenvalue weighted by atomic mass is 9.48. The molecule has 0 spiro atoms. The van der Waals surface area contributed by atoms with Crippen LogP contribution in [0, 0.1) is 58.2 Å². The van der Waals surface area contributed by atoms with Crippen LogP contribution in [0.4, 0.5) is 0 Å². The highest BCUT2D eigenvalue weighted by atomic mass is 15.0. The minimum Gasteiger partial charge on any atom is -0.208 e. The van der Waals surface area contributed by atoms with Crippen molar-refractivity contribution < 1.29 is 0 Å². The molecule has 8 bridgehead atoms. The molecule has 15 rings (SSSR count). The molecule has 0 N–H and O–H groups in total. The van der Waals surface area contributed by atoms with Gasteiger partial charge in [-0.25, -0.2) is 15.0 Å². The van der Waals surface area contributed by atoms with Crippen molar-refractivity contribution in [2.45, 2.75) is 87.9 Å². The van der Waals surface area contributed by atoms with E-state index in [0.29, 0.717) is 39.4 Å². The Kier molecular flexibility index (Phi) is 9.29. The Morgan fingerprint density at radius 3 is 1.03 bits per heavy atom. The predicted molar refractivity (Wildman–Crippen MR) is 262 cm³/mol. The minimum atomic E-state index is 0.375. The third-order valence-corrected chi connectivity index (χ3v) is 17.3. The van der Waals surface area contributed by atoms with Gasteiger partial charge in [0.2, 0.25) is 0 Å². The fourth-order valence-electron chi connectivity index (χ4n) is 15.1. The molecule has 66 heavy (non-hydrogen) atoms. The van der Waals surface area contributed by atoms with Crippen molar-refractivity contribution in [2.75, 3.05) is 0 Å². The topological polar surface area (TPSA) is 86.2 Å². The molecule has 0 amide bonds. The van der Waals surface area contributed by atoms with Gasteiger partial charge in [0.25, 0.3) is 0 Å². The fourth-order valence-corrected chi connectivity index (χ4v) is 15.1. The molecule has 8 aliphatic rings. The first-order chi connectivity index (χ1) is 32.3. The zero-order valence-corrected chi connectivity index (χ0v) is 37.5. The zero-order valence-electron chi connectivity index (χ0n) is 37.5. The van der Waals surface area contributed by atoms with Gasteiger partial charge in [0.05, 0.1) is 23.3 Å². The minimum absolute atomic E-state index is 0.375. The van der Waals surface area contributed by atoms with Crippen molar-refractivity contribution >= 4 is 0 Å². The second-order valence-electron chi connectivity index (χ2n) is 21.6. The molecular formula is C61H53N5. The number of hydrogen-bond acceptors (Lipinski definition) is 5. The molecule has 0 atom stereocenters. The number of hydrogen-bond donors (Lipinski definition) is 0. The lowest BCUT2D eigenvalue weighted by Crippen LogP contribution is -2.48. The van der Waals surface area contributed by atoms with Gasteiger partial charge in [-0.05, 0) is 198 Å². The van der Waals surface area contributed by atoms with Crippen LogP contribution < -0.4 is 0 Å². The summed E-state index contributed by atoms with van der Waals surface area (Å²) in [5.74, 6) is 7.35. The highest BCUT2D eigenvalue weighted by molar-refractivity contribution is 5.76. The SMILES string of the molecule is N#Cc1cc(C#N)cc(-c2ccc(-c3nc(-c4cccc(-c5ccc(C67CC8CC(CC(C8)C6)C7)cc5)c4)nc(-c4cccc(-c5ccc(C67CC8CC(CC(C8)C6)C7)cc5)c4)n3)cc2)c1. The van der Waals surface area contributed by atoms with Gasteiger partial charge in [-0.3, -0.25) is 0 Å². The summed E-state index contributed by atoms with van der Waals surface area (Å²) in [6, 6.07) is 54.1. The smallest absolute Gasteiger partial charge is 0.164 e. The van der Waals surface area contributed by atoms with Crippen LogP contribution in [0.5, 0.6) is 0 Å². The lowest BCUT2D eigenvalue weighted by Gasteiger charge is -2.57. The van der Waals surface area contributed by atoms with Gasteiger partial charge in [0.15, 0.2) is 17.5 Å². The van der Waals surface area contributed by atoms with E-state index in [2.05, 4.69) is 109 Å². The van der Waals surface area contributed by atoms with Gasteiger partial charge >= 0.3 is 0 Å². The van der Waals surface area contributed by atoms with Crippen LogP contribution in [-0.2, 0) is 10.8 Å². The van der Waals surface area contributed by atoms with E-state index in [9.17, 15) is 10.5 Å². The first-order valence-electron chi connectivity index (χ1n) is 24.6. The molecule has 5 heteroatoms. The maximum absolute atomic E-state index is 9.64. The highest BCUT2D eigenvalue weighted by Crippen LogP contribution is 2.62. The van der Waals surface area contributed by atoms with Crippen LogP contribution >= 0.6 is 0 Å². The summed E-state index contributed by atoms with van der Waals surface area (Å²) >= 11 is 0. The van der Waals surface area contributed by atoms with Crippen molar-refractivity contribution in [3.63, 3.8) is 0 Å². The van der Waals surface area contributed by atoms with Crippen molar-refractivity contribution in [3.05, 3.63) is 162 Å². The number of aromatic nitrogens is 3. The van der Waals surface area contributed by atoms with Crippen molar-refractivity contribution in [1.82, 2.24) is 15.0 Å². The summed E-state index contributed by atoms with van der Waals surface area (Å²) in [5, 5.41) is 19.3. The molecule has 0 unspecified atom stereocenters. The second-order valence-corrected chi connectivity index (χ2v) is 21.6. The predicted octanol–water partition coefficient (Wildman–Crippen LogP) is 14.6. The number of benzene rings is 6. The average Bonchev–Trinajstić information content (AvgIpc) is 3.35. The molecule has 7 aromatic rings. The summed E-state index contributed by atoms with van der Waals surface area (Å²) in [6.07, 6.45) is 17.0. The van der Waals surface area contributed by atoms with Gasteiger partial charge in [-0.15, -0.1) is 0 Å². The highest BCUT2D eigenvalue weighted by Gasteiger charge is 2.52. The molecule has 5 nitrogen and oxygen atoms in total. The molecule has 8 saturated carbocycles. The van der Waals surface area contributed by atoms with Crippen molar-refractivity contribution in [1.29, 1.82) is 10.5 Å². The summed E-state index contributed by atoms with van der Waals surface area (Å²) < 4.78 is 0. The molecule has 8 aliphatic carbocycles. The normalized spacial score (nSPS) is 27.7. The molecule has 0 aliphatic heterocycles. The third-order valence-electron chi connectivity index (χ3n) is 17.3. The van der Waals surface area contributed by atoms with Gasteiger partial charge in [0, 0.05) is 16.7 Å². The summed E-state index contributed by atoms with van der Waals surface area (Å²) in [4.78, 5) is 15.6. The average molecular weight is 856 g/mol. The molecule has 0 saturated heterocycles. The number of nitriles is 2. The lowest BCUT2D eigenvalue weighted by molar-refractivity contribution is -0.00530. The Labute approximate surface area is 388 Å². The van der Waals surface area contributed by atoms with Gasteiger partial charge in [-0.1, -0.05) is 109 Å². The van der Waals surface area contributed by atoms with Crippen LogP contribution in [0.2, 0.25) is 0 Å². The largest absolute Gasteiger partial charge is 0.208 e. The van der Waals surface area contributed by atoms with Gasteiger partial charge in [0.1, 0.15) is 0 Å². The van der Waals surface area contributed by atoms with Gasteiger partial charge < -0.3 is 0 Å². The fraction of sp³-hybridized carbons (Fsp3) is 0.328. The second kappa shape index (κ2) is 15.5. The first-order valence-corrected chi connectivity index (χ1v) is 24.6. The van der Waals surface area contributed by atoms with E-state index in [1.807, 2.05) is 36.4 Å². The third kappa shape index (κ3) is 6.98. The standard InChI is InChI=1S/C61H53N5/c62-36-44-25-45(37-63)27-54(26-44)48-7-9-49(10-8-48)57-64-58(52-5-1-3-50(28-52)46-11-15-55(16-12-46)60-30-38-19-39(31-60)21-40(20-38)32-60)66-59(65-57)53-6-2-4-51(29-53)47-13-17-56(18-14-47)61-33-41-22-42(34-61)24-43(23-41)35-61/h1-18,25-29,38-43H,19-24,30-35H2. The van der Waals surface area contributed by atoms with E-state index in [-0.39, 0.29) is 0 Å². The van der Waals surface area contributed by atoms with E-state index in [0.717, 1.165) is 74.5 Å².